The van der Waals surface area contributed by atoms with Crippen LogP contribution in [0.5, 0.6) is 11.5 Å². The summed E-state index contributed by atoms with van der Waals surface area (Å²) in [6.45, 7) is 1.17. The molecule has 136 valence electrons. The van der Waals surface area contributed by atoms with Gasteiger partial charge in [-0.1, -0.05) is 30.4 Å². The summed E-state index contributed by atoms with van der Waals surface area (Å²) in [4.78, 5) is 9.73. The summed E-state index contributed by atoms with van der Waals surface area (Å²) in [7, 11) is 0. The van der Waals surface area contributed by atoms with Gasteiger partial charge < -0.3 is 14.8 Å². The van der Waals surface area contributed by atoms with Crippen LogP contribution >= 0.6 is 0 Å². The first-order valence-electron chi connectivity index (χ1n) is 9.47. The Morgan fingerprint density at radius 1 is 0.926 bits per heavy atom. The molecule has 0 spiro atoms. The van der Waals surface area contributed by atoms with E-state index in [4.69, 9.17) is 19.4 Å². The Balaban J connectivity index is 1.54. The topological polar surface area (TPSA) is 56.3 Å². The van der Waals surface area contributed by atoms with Crippen molar-refractivity contribution in [1.82, 2.24) is 9.97 Å². The van der Waals surface area contributed by atoms with E-state index in [0.29, 0.717) is 13.2 Å². The van der Waals surface area contributed by atoms with Gasteiger partial charge in [0.2, 0.25) is 0 Å². The van der Waals surface area contributed by atoms with Gasteiger partial charge in [0.25, 0.3) is 0 Å². The third-order valence-corrected chi connectivity index (χ3v) is 4.96. The fourth-order valence-electron chi connectivity index (χ4n) is 3.59. The van der Waals surface area contributed by atoms with Crippen molar-refractivity contribution >= 4 is 23.2 Å². The van der Waals surface area contributed by atoms with Crippen LogP contribution in [-0.2, 0) is 6.42 Å². The summed E-state index contributed by atoms with van der Waals surface area (Å²) in [6.07, 6.45) is 14.7. The Morgan fingerprint density at radius 2 is 1.81 bits per heavy atom. The Kier molecular flexibility index (Phi) is 4.13. The molecule has 1 aromatic heterocycles. The molecule has 1 N–H and O–H groups in total. The van der Waals surface area contributed by atoms with Crippen LogP contribution in [0.25, 0.3) is 11.6 Å². The van der Waals surface area contributed by atoms with E-state index in [1.807, 2.05) is 18.2 Å². The van der Waals surface area contributed by atoms with Gasteiger partial charge in [0.1, 0.15) is 19.0 Å². The van der Waals surface area contributed by atoms with Crippen molar-refractivity contribution < 1.29 is 9.47 Å². The zero-order valence-corrected chi connectivity index (χ0v) is 15.1. The minimum absolute atomic E-state index is 0.577. The molecule has 1 aliphatic heterocycles. The van der Waals surface area contributed by atoms with Gasteiger partial charge in [-0.3, -0.25) is 0 Å². The van der Waals surface area contributed by atoms with E-state index in [-0.39, 0.29) is 0 Å². The highest BCUT2D eigenvalue weighted by atomic mass is 16.6. The number of allylic oxidation sites excluding steroid dienone is 5. The number of hydrogen-bond donors (Lipinski definition) is 1. The van der Waals surface area contributed by atoms with Gasteiger partial charge in [-0.2, -0.15) is 0 Å². The van der Waals surface area contributed by atoms with Crippen molar-refractivity contribution in [1.29, 1.82) is 0 Å². The van der Waals surface area contributed by atoms with Crippen LogP contribution in [0.15, 0.2) is 42.5 Å². The molecule has 5 rings (SSSR count). The molecular weight excluding hydrogens is 338 g/mol. The predicted octanol–water partition coefficient (Wildman–Crippen LogP) is 4.68. The molecule has 0 unspecified atom stereocenters. The maximum Gasteiger partial charge on any atom is 0.163 e. The lowest BCUT2D eigenvalue weighted by atomic mass is 10.0. The van der Waals surface area contributed by atoms with Crippen molar-refractivity contribution in [3.8, 4) is 11.5 Å². The van der Waals surface area contributed by atoms with Gasteiger partial charge in [0.15, 0.2) is 17.3 Å². The molecule has 2 aliphatic carbocycles. The van der Waals surface area contributed by atoms with Gasteiger partial charge in [-0.15, -0.1) is 0 Å². The Hall–Kier alpha value is -3.08. The van der Waals surface area contributed by atoms with Crippen LogP contribution in [0, 0.1) is 0 Å². The first kappa shape index (κ1) is 16.1. The normalized spacial score (nSPS) is 17.3. The van der Waals surface area contributed by atoms with Crippen LogP contribution in [0.2, 0.25) is 0 Å². The monoisotopic (exact) mass is 359 g/mol. The molecule has 2 aromatic rings. The fraction of sp³-hybridized carbons (Fsp3) is 0.273. The SMILES string of the molecule is C1=CCCC(c2nc3c(c(Nc4ccc5c(c4)OCCO5)n2)C=CCC3)=C1. The molecule has 0 saturated heterocycles. The Labute approximate surface area is 158 Å². The average Bonchev–Trinajstić information content (AvgIpc) is 2.74. The molecule has 0 amide bonds. The second-order valence-electron chi connectivity index (χ2n) is 6.84. The summed E-state index contributed by atoms with van der Waals surface area (Å²) in [5, 5.41) is 3.48. The number of ether oxygens (including phenoxy) is 2. The van der Waals surface area contributed by atoms with E-state index in [1.54, 1.807) is 0 Å². The van der Waals surface area contributed by atoms with E-state index in [0.717, 1.165) is 65.8 Å². The van der Waals surface area contributed by atoms with Crippen LogP contribution in [0.3, 0.4) is 0 Å². The van der Waals surface area contributed by atoms with Crippen molar-refractivity contribution in [2.24, 2.45) is 0 Å². The number of aryl methyl sites for hydroxylation is 1. The van der Waals surface area contributed by atoms with Crippen molar-refractivity contribution in [2.45, 2.75) is 25.7 Å². The summed E-state index contributed by atoms with van der Waals surface area (Å²) >= 11 is 0. The minimum atomic E-state index is 0.577. The number of nitrogens with zero attached hydrogens (tertiary/aromatic N) is 2. The summed E-state index contributed by atoms with van der Waals surface area (Å²) in [5.74, 6) is 3.23. The van der Waals surface area contributed by atoms with Crippen LogP contribution in [0.1, 0.15) is 36.3 Å². The highest BCUT2D eigenvalue weighted by Gasteiger charge is 2.18. The lowest BCUT2D eigenvalue weighted by Gasteiger charge is -2.20. The van der Waals surface area contributed by atoms with E-state index in [1.165, 1.54) is 5.57 Å². The van der Waals surface area contributed by atoms with E-state index < -0.39 is 0 Å². The third kappa shape index (κ3) is 3.21. The van der Waals surface area contributed by atoms with E-state index >= 15 is 0 Å². The summed E-state index contributed by atoms with van der Waals surface area (Å²) in [6, 6.07) is 5.91. The fourth-order valence-corrected chi connectivity index (χ4v) is 3.59. The Morgan fingerprint density at radius 3 is 2.70 bits per heavy atom. The van der Waals surface area contributed by atoms with Gasteiger partial charge >= 0.3 is 0 Å². The molecule has 27 heavy (non-hydrogen) atoms. The first-order chi connectivity index (χ1) is 13.4. The quantitative estimate of drug-likeness (QED) is 0.862. The van der Waals surface area contributed by atoms with Crippen molar-refractivity contribution in [3.63, 3.8) is 0 Å². The molecule has 3 aliphatic rings. The first-order valence-corrected chi connectivity index (χ1v) is 9.47. The molecule has 0 fully saturated rings. The van der Waals surface area contributed by atoms with Crippen LogP contribution < -0.4 is 14.8 Å². The number of fused-ring (bicyclic) bond motifs is 2. The predicted molar refractivity (Wildman–Crippen MR) is 106 cm³/mol. The minimum Gasteiger partial charge on any atom is -0.486 e. The zero-order valence-electron chi connectivity index (χ0n) is 15.1. The number of benzene rings is 1. The van der Waals surface area contributed by atoms with Gasteiger partial charge in [-0.25, -0.2) is 9.97 Å². The van der Waals surface area contributed by atoms with Gasteiger partial charge in [-0.05, 0) is 43.4 Å². The lowest BCUT2D eigenvalue weighted by molar-refractivity contribution is 0.171. The van der Waals surface area contributed by atoms with Gasteiger partial charge in [0.05, 0.1) is 5.69 Å². The summed E-state index contributed by atoms with van der Waals surface area (Å²) in [5.41, 5.74) is 4.31. The van der Waals surface area contributed by atoms with E-state index in [2.05, 4.69) is 35.7 Å². The number of anilines is 2. The van der Waals surface area contributed by atoms with Crippen molar-refractivity contribution in [2.75, 3.05) is 18.5 Å². The molecule has 5 nitrogen and oxygen atoms in total. The smallest absolute Gasteiger partial charge is 0.163 e. The van der Waals surface area contributed by atoms with Crippen LogP contribution in [-0.4, -0.2) is 23.2 Å². The molecule has 0 atom stereocenters. The lowest BCUT2D eigenvalue weighted by Crippen LogP contribution is -2.15. The standard InChI is InChI=1S/C22H21N3O2/c1-2-6-15(7-3-1)21-24-18-9-5-4-8-17(18)22(25-21)23-16-10-11-19-20(14-16)27-13-12-26-19/h1-2,4,6,8,10-11,14H,3,5,7,9,12-13H2,(H,23,24,25). The van der Waals surface area contributed by atoms with E-state index in [9.17, 15) is 0 Å². The second kappa shape index (κ2) is 6.91. The number of rotatable bonds is 3. The number of nitrogens with one attached hydrogen (secondary N) is 1. The number of hydrogen-bond acceptors (Lipinski definition) is 5. The molecular formula is C22H21N3O2. The third-order valence-electron chi connectivity index (χ3n) is 4.96. The largest absolute Gasteiger partial charge is 0.486 e. The number of aromatic nitrogens is 2. The Bertz CT molecular complexity index is 976. The maximum absolute atomic E-state index is 5.70. The molecule has 2 heterocycles. The molecule has 0 radical (unpaired) electrons. The zero-order chi connectivity index (χ0) is 18.1. The molecule has 5 heteroatoms. The van der Waals surface area contributed by atoms with Gasteiger partial charge in [0, 0.05) is 17.3 Å². The average molecular weight is 359 g/mol. The maximum atomic E-state index is 5.70. The molecule has 0 saturated carbocycles. The molecule has 0 bridgehead atoms. The molecule has 1 aromatic carbocycles. The highest BCUT2D eigenvalue weighted by molar-refractivity contribution is 5.74. The summed E-state index contributed by atoms with van der Waals surface area (Å²) < 4.78 is 11.3. The second-order valence-corrected chi connectivity index (χ2v) is 6.84. The highest BCUT2D eigenvalue weighted by Crippen LogP contribution is 2.35. The van der Waals surface area contributed by atoms with Crippen molar-refractivity contribution in [3.05, 3.63) is 59.6 Å². The van der Waals surface area contributed by atoms with Crippen LogP contribution in [0.4, 0.5) is 11.5 Å².